The van der Waals surface area contributed by atoms with Gasteiger partial charge in [-0.05, 0) is 37.7 Å². The van der Waals surface area contributed by atoms with Crippen molar-refractivity contribution in [2.75, 3.05) is 0 Å². The molecule has 1 saturated carbocycles. The van der Waals surface area contributed by atoms with Gasteiger partial charge in [0.1, 0.15) is 0 Å². The van der Waals surface area contributed by atoms with Gasteiger partial charge >= 0.3 is 0 Å². The number of benzene rings is 1. The van der Waals surface area contributed by atoms with Crippen LogP contribution < -0.4 is 0 Å². The molecule has 0 spiro atoms. The van der Waals surface area contributed by atoms with Crippen LogP contribution in [0.3, 0.4) is 0 Å². The summed E-state index contributed by atoms with van der Waals surface area (Å²) in [5.74, 6) is 0.946. The molecule has 0 heterocycles. The molecule has 0 bridgehead atoms. The molecule has 0 amide bonds. The maximum atomic E-state index is 3.76. The number of hydrogen-bond acceptors (Lipinski definition) is 0. The van der Waals surface area contributed by atoms with Crippen molar-refractivity contribution in [1.29, 1.82) is 0 Å². The van der Waals surface area contributed by atoms with Crippen LogP contribution in [-0.4, -0.2) is 4.83 Å². The number of hydrogen-bond donors (Lipinski definition) is 0. The fraction of sp³-hybridized carbons (Fsp3) is 0.500. The fourth-order valence-corrected chi connectivity index (χ4v) is 2.48. The van der Waals surface area contributed by atoms with E-state index in [1.807, 2.05) is 0 Å². The number of alkyl halides is 1. The SMILES string of the molecule is Cc1ccc(CC(Br)C2CC2)cc1. The van der Waals surface area contributed by atoms with Crippen LogP contribution in [0.25, 0.3) is 0 Å². The summed E-state index contributed by atoms with van der Waals surface area (Å²) in [6.07, 6.45) is 4.02. The van der Waals surface area contributed by atoms with Crippen molar-refractivity contribution in [2.24, 2.45) is 5.92 Å². The third-order valence-corrected chi connectivity index (χ3v) is 3.76. The lowest BCUT2D eigenvalue weighted by molar-refractivity contribution is 0.760. The minimum Gasteiger partial charge on any atom is -0.0884 e. The van der Waals surface area contributed by atoms with Crippen molar-refractivity contribution in [2.45, 2.75) is 31.0 Å². The summed E-state index contributed by atoms with van der Waals surface area (Å²) in [6.45, 7) is 2.14. The van der Waals surface area contributed by atoms with Gasteiger partial charge in [-0.25, -0.2) is 0 Å². The highest BCUT2D eigenvalue weighted by molar-refractivity contribution is 9.09. The van der Waals surface area contributed by atoms with E-state index < -0.39 is 0 Å². The second kappa shape index (κ2) is 3.83. The molecule has 0 aromatic heterocycles. The zero-order valence-electron chi connectivity index (χ0n) is 7.96. The zero-order valence-corrected chi connectivity index (χ0v) is 9.55. The van der Waals surface area contributed by atoms with E-state index in [2.05, 4.69) is 47.1 Å². The van der Waals surface area contributed by atoms with Crippen LogP contribution in [0.5, 0.6) is 0 Å². The standard InChI is InChI=1S/C12H15Br/c1-9-2-4-10(5-3-9)8-12(13)11-6-7-11/h2-5,11-12H,6-8H2,1H3. The van der Waals surface area contributed by atoms with Gasteiger partial charge in [0.15, 0.2) is 0 Å². The molecule has 13 heavy (non-hydrogen) atoms. The Balaban J connectivity index is 1.96. The number of aryl methyl sites for hydroxylation is 1. The smallest absolute Gasteiger partial charge is 0.0214 e. The van der Waals surface area contributed by atoms with Crippen LogP contribution in [0, 0.1) is 12.8 Å². The molecular formula is C12H15Br. The van der Waals surface area contributed by atoms with E-state index in [1.54, 1.807) is 0 Å². The minimum atomic E-state index is 0.704. The van der Waals surface area contributed by atoms with Crippen molar-refractivity contribution in [3.05, 3.63) is 35.4 Å². The summed E-state index contributed by atoms with van der Waals surface area (Å²) in [6, 6.07) is 8.88. The zero-order chi connectivity index (χ0) is 9.26. The molecule has 1 atom stereocenters. The van der Waals surface area contributed by atoms with E-state index in [9.17, 15) is 0 Å². The lowest BCUT2D eigenvalue weighted by Gasteiger charge is -2.07. The molecule has 1 aliphatic rings. The van der Waals surface area contributed by atoms with Gasteiger partial charge in [0.05, 0.1) is 0 Å². The van der Waals surface area contributed by atoms with Gasteiger partial charge in [0.2, 0.25) is 0 Å². The molecule has 0 aliphatic heterocycles. The van der Waals surface area contributed by atoms with E-state index in [1.165, 1.54) is 30.4 Å². The topological polar surface area (TPSA) is 0 Å². The van der Waals surface area contributed by atoms with E-state index in [-0.39, 0.29) is 0 Å². The second-order valence-electron chi connectivity index (χ2n) is 4.04. The Morgan fingerprint density at radius 3 is 2.46 bits per heavy atom. The van der Waals surface area contributed by atoms with Crippen LogP contribution in [0.15, 0.2) is 24.3 Å². The number of halogens is 1. The molecule has 1 aliphatic carbocycles. The van der Waals surface area contributed by atoms with Gasteiger partial charge in [-0.2, -0.15) is 0 Å². The molecule has 1 unspecified atom stereocenters. The normalized spacial score (nSPS) is 18.6. The molecule has 0 saturated heterocycles. The van der Waals surface area contributed by atoms with Gasteiger partial charge in [-0.3, -0.25) is 0 Å². The molecule has 1 fully saturated rings. The highest BCUT2D eigenvalue weighted by Gasteiger charge is 2.28. The van der Waals surface area contributed by atoms with Gasteiger partial charge in [-0.1, -0.05) is 45.8 Å². The lowest BCUT2D eigenvalue weighted by Crippen LogP contribution is -2.04. The summed E-state index contributed by atoms with van der Waals surface area (Å²) in [4.78, 5) is 0.704. The van der Waals surface area contributed by atoms with Gasteiger partial charge < -0.3 is 0 Å². The monoisotopic (exact) mass is 238 g/mol. The molecule has 1 aromatic rings. The predicted octanol–water partition coefficient (Wildman–Crippen LogP) is 3.71. The Kier molecular flexibility index (Phi) is 2.73. The van der Waals surface area contributed by atoms with Crippen LogP contribution in [0.1, 0.15) is 24.0 Å². The highest BCUT2D eigenvalue weighted by Crippen LogP contribution is 2.38. The largest absolute Gasteiger partial charge is 0.0884 e. The molecule has 0 radical (unpaired) electrons. The fourth-order valence-electron chi connectivity index (χ4n) is 1.57. The third kappa shape index (κ3) is 2.57. The lowest BCUT2D eigenvalue weighted by atomic mass is 10.1. The van der Waals surface area contributed by atoms with Gasteiger partial charge in [0, 0.05) is 4.83 Å². The molecule has 1 heteroatoms. The van der Waals surface area contributed by atoms with Crippen molar-refractivity contribution < 1.29 is 0 Å². The first-order valence-corrected chi connectivity index (χ1v) is 5.87. The minimum absolute atomic E-state index is 0.704. The Morgan fingerprint density at radius 2 is 1.92 bits per heavy atom. The Morgan fingerprint density at radius 1 is 1.31 bits per heavy atom. The average molecular weight is 239 g/mol. The average Bonchev–Trinajstić information content (AvgIpc) is 2.91. The van der Waals surface area contributed by atoms with Crippen LogP contribution in [-0.2, 0) is 6.42 Å². The molecule has 1 aromatic carbocycles. The first-order chi connectivity index (χ1) is 6.25. The first kappa shape index (κ1) is 9.26. The van der Waals surface area contributed by atoms with E-state index in [4.69, 9.17) is 0 Å². The van der Waals surface area contributed by atoms with E-state index in [0.717, 1.165) is 5.92 Å². The molecular weight excluding hydrogens is 224 g/mol. The summed E-state index contributed by atoms with van der Waals surface area (Å²) in [5.41, 5.74) is 2.81. The molecule has 0 N–H and O–H groups in total. The summed E-state index contributed by atoms with van der Waals surface area (Å²) < 4.78 is 0. The first-order valence-electron chi connectivity index (χ1n) is 4.95. The van der Waals surface area contributed by atoms with Gasteiger partial charge in [0.25, 0.3) is 0 Å². The Hall–Kier alpha value is -0.300. The van der Waals surface area contributed by atoms with Gasteiger partial charge in [-0.15, -0.1) is 0 Å². The van der Waals surface area contributed by atoms with Crippen LogP contribution >= 0.6 is 15.9 Å². The Labute approximate surface area is 88.5 Å². The summed E-state index contributed by atoms with van der Waals surface area (Å²) in [7, 11) is 0. The van der Waals surface area contributed by atoms with Crippen molar-refractivity contribution >= 4 is 15.9 Å². The second-order valence-corrected chi connectivity index (χ2v) is 5.22. The van der Waals surface area contributed by atoms with Crippen LogP contribution in [0.4, 0.5) is 0 Å². The number of rotatable bonds is 3. The maximum Gasteiger partial charge on any atom is 0.0214 e. The molecule has 70 valence electrons. The van der Waals surface area contributed by atoms with Crippen LogP contribution in [0.2, 0.25) is 0 Å². The molecule has 2 rings (SSSR count). The third-order valence-electron chi connectivity index (χ3n) is 2.68. The predicted molar refractivity (Wildman–Crippen MR) is 60.3 cm³/mol. The summed E-state index contributed by atoms with van der Waals surface area (Å²) in [5, 5.41) is 0. The quantitative estimate of drug-likeness (QED) is 0.705. The van der Waals surface area contributed by atoms with Crippen molar-refractivity contribution in [3.63, 3.8) is 0 Å². The van der Waals surface area contributed by atoms with Crippen molar-refractivity contribution in [1.82, 2.24) is 0 Å². The van der Waals surface area contributed by atoms with E-state index >= 15 is 0 Å². The molecule has 0 nitrogen and oxygen atoms in total. The highest BCUT2D eigenvalue weighted by atomic mass is 79.9. The maximum absolute atomic E-state index is 3.76. The van der Waals surface area contributed by atoms with E-state index in [0.29, 0.717) is 4.83 Å². The Bertz CT molecular complexity index is 272. The summed E-state index contributed by atoms with van der Waals surface area (Å²) >= 11 is 3.76. The van der Waals surface area contributed by atoms with Crippen molar-refractivity contribution in [3.8, 4) is 0 Å².